The van der Waals surface area contributed by atoms with E-state index >= 15 is 0 Å². The molecule has 0 aliphatic rings. The van der Waals surface area contributed by atoms with Crippen LogP contribution in [0.4, 0.5) is 18.0 Å². The van der Waals surface area contributed by atoms with E-state index in [9.17, 15) is 18.0 Å². The summed E-state index contributed by atoms with van der Waals surface area (Å²) >= 11 is 0. The SMILES string of the molecule is CCCOC(=O)n1nc(C(F)(F)F)cc1-c1ccccc1. The highest BCUT2D eigenvalue weighted by Gasteiger charge is 2.36. The predicted octanol–water partition coefficient (Wildman–Crippen LogP) is 3.96. The number of aromatic nitrogens is 2. The number of rotatable bonds is 3. The van der Waals surface area contributed by atoms with Gasteiger partial charge in [0.15, 0.2) is 5.69 Å². The van der Waals surface area contributed by atoms with Crippen molar-refractivity contribution in [2.75, 3.05) is 6.61 Å². The van der Waals surface area contributed by atoms with Gasteiger partial charge in [-0.3, -0.25) is 0 Å². The van der Waals surface area contributed by atoms with E-state index in [4.69, 9.17) is 4.74 Å². The van der Waals surface area contributed by atoms with Crippen LogP contribution < -0.4 is 0 Å². The molecule has 1 aromatic carbocycles. The van der Waals surface area contributed by atoms with E-state index in [1.807, 2.05) is 0 Å². The molecule has 21 heavy (non-hydrogen) atoms. The number of halogens is 3. The Morgan fingerprint density at radius 1 is 1.29 bits per heavy atom. The highest BCUT2D eigenvalue weighted by Crippen LogP contribution is 2.31. The van der Waals surface area contributed by atoms with Gasteiger partial charge in [-0.25, -0.2) is 4.79 Å². The number of hydrogen-bond donors (Lipinski definition) is 0. The first kappa shape index (κ1) is 15.1. The molecule has 2 aromatic rings. The molecule has 0 saturated carbocycles. The lowest BCUT2D eigenvalue weighted by atomic mass is 10.1. The van der Waals surface area contributed by atoms with Crippen molar-refractivity contribution in [1.82, 2.24) is 9.78 Å². The summed E-state index contributed by atoms with van der Waals surface area (Å²) in [6, 6.07) is 9.09. The molecule has 112 valence electrons. The van der Waals surface area contributed by atoms with E-state index < -0.39 is 18.0 Å². The first-order valence-corrected chi connectivity index (χ1v) is 6.33. The topological polar surface area (TPSA) is 44.1 Å². The van der Waals surface area contributed by atoms with Gasteiger partial charge in [0.1, 0.15) is 0 Å². The van der Waals surface area contributed by atoms with Crippen molar-refractivity contribution in [3.63, 3.8) is 0 Å². The van der Waals surface area contributed by atoms with Crippen LogP contribution in [0.25, 0.3) is 11.3 Å². The van der Waals surface area contributed by atoms with Gasteiger partial charge < -0.3 is 4.74 Å². The lowest BCUT2D eigenvalue weighted by Crippen LogP contribution is -2.18. The largest absolute Gasteiger partial charge is 0.448 e. The number of nitrogens with zero attached hydrogens (tertiary/aromatic N) is 2. The van der Waals surface area contributed by atoms with Crippen LogP contribution in [0.3, 0.4) is 0 Å². The molecule has 0 radical (unpaired) electrons. The van der Waals surface area contributed by atoms with Gasteiger partial charge in [-0.1, -0.05) is 37.3 Å². The maximum atomic E-state index is 12.8. The fourth-order valence-electron chi connectivity index (χ4n) is 1.72. The van der Waals surface area contributed by atoms with Crippen molar-refractivity contribution in [1.29, 1.82) is 0 Å². The zero-order chi connectivity index (χ0) is 15.5. The normalized spacial score (nSPS) is 11.4. The van der Waals surface area contributed by atoms with Gasteiger partial charge in [0.2, 0.25) is 0 Å². The van der Waals surface area contributed by atoms with Crippen molar-refractivity contribution < 1.29 is 22.7 Å². The Labute approximate surface area is 119 Å². The molecule has 0 spiro atoms. The summed E-state index contributed by atoms with van der Waals surface area (Å²) < 4.78 is 43.9. The maximum Gasteiger partial charge on any atom is 0.435 e. The van der Waals surface area contributed by atoms with Crippen LogP contribution in [0, 0.1) is 0 Å². The molecule has 0 saturated heterocycles. The van der Waals surface area contributed by atoms with Crippen molar-refractivity contribution in [3.8, 4) is 11.3 Å². The zero-order valence-electron chi connectivity index (χ0n) is 11.2. The van der Waals surface area contributed by atoms with Gasteiger partial charge in [-0.05, 0) is 12.5 Å². The van der Waals surface area contributed by atoms with Gasteiger partial charge in [0, 0.05) is 5.56 Å². The van der Waals surface area contributed by atoms with Gasteiger partial charge in [-0.2, -0.15) is 23.0 Å². The third-order valence-electron chi connectivity index (χ3n) is 2.67. The molecule has 0 aliphatic heterocycles. The van der Waals surface area contributed by atoms with Crippen LogP contribution in [0.5, 0.6) is 0 Å². The second-order valence-corrected chi connectivity index (χ2v) is 4.30. The molecule has 7 heteroatoms. The number of ether oxygens (including phenoxy) is 1. The Hall–Kier alpha value is -2.31. The maximum absolute atomic E-state index is 12.8. The van der Waals surface area contributed by atoms with Gasteiger partial charge in [0.05, 0.1) is 12.3 Å². The molecule has 0 aliphatic carbocycles. The zero-order valence-corrected chi connectivity index (χ0v) is 11.2. The molecule has 0 fully saturated rings. The van der Waals surface area contributed by atoms with Crippen molar-refractivity contribution >= 4 is 6.09 Å². The molecular formula is C14H13F3N2O2. The van der Waals surface area contributed by atoms with Crippen molar-refractivity contribution in [3.05, 3.63) is 42.1 Å². The van der Waals surface area contributed by atoms with Gasteiger partial charge >= 0.3 is 12.3 Å². The van der Waals surface area contributed by atoms with E-state index in [2.05, 4.69) is 5.10 Å². The third kappa shape index (κ3) is 3.42. The van der Waals surface area contributed by atoms with Crippen molar-refractivity contribution in [2.24, 2.45) is 0 Å². The lowest BCUT2D eigenvalue weighted by molar-refractivity contribution is -0.141. The fraction of sp³-hybridized carbons (Fsp3) is 0.286. The lowest BCUT2D eigenvalue weighted by Gasteiger charge is -2.06. The summed E-state index contributed by atoms with van der Waals surface area (Å²) in [6.07, 6.45) is -4.98. The second kappa shape index (κ2) is 5.99. The summed E-state index contributed by atoms with van der Waals surface area (Å²) in [5.41, 5.74) is -0.632. The number of carbonyl (C=O) groups excluding carboxylic acids is 1. The Kier molecular flexibility index (Phi) is 4.30. The van der Waals surface area contributed by atoms with Crippen LogP contribution in [-0.2, 0) is 10.9 Å². The van der Waals surface area contributed by atoms with Crippen LogP contribution in [0.2, 0.25) is 0 Å². The minimum absolute atomic E-state index is 0.0454. The molecule has 4 nitrogen and oxygen atoms in total. The standard InChI is InChI=1S/C14H13F3N2O2/c1-2-8-21-13(20)19-11(10-6-4-3-5-7-10)9-12(18-19)14(15,16)17/h3-7,9H,2,8H2,1H3. The van der Waals surface area contributed by atoms with Crippen LogP contribution in [0.1, 0.15) is 19.0 Å². The summed E-state index contributed by atoms with van der Waals surface area (Å²) in [6.45, 7) is 1.91. The average molecular weight is 298 g/mol. The molecule has 0 N–H and O–H groups in total. The van der Waals surface area contributed by atoms with E-state index in [-0.39, 0.29) is 12.3 Å². The summed E-state index contributed by atoms with van der Waals surface area (Å²) in [4.78, 5) is 11.8. The molecule has 1 aromatic heterocycles. The van der Waals surface area contributed by atoms with E-state index in [1.165, 1.54) is 0 Å². The number of alkyl halides is 3. The molecule has 0 unspecified atom stereocenters. The first-order chi connectivity index (χ1) is 9.93. The minimum Gasteiger partial charge on any atom is -0.448 e. The number of carbonyl (C=O) groups is 1. The Bertz CT molecular complexity index is 621. The molecule has 2 rings (SSSR count). The fourth-order valence-corrected chi connectivity index (χ4v) is 1.72. The van der Waals surface area contributed by atoms with Crippen LogP contribution in [-0.4, -0.2) is 22.5 Å². The van der Waals surface area contributed by atoms with E-state index in [0.717, 1.165) is 6.07 Å². The Morgan fingerprint density at radius 3 is 2.52 bits per heavy atom. The molecule has 1 heterocycles. The van der Waals surface area contributed by atoms with Crippen LogP contribution >= 0.6 is 0 Å². The highest BCUT2D eigenvalue weighted by atomic mass is 19.4. The number of benzene rings is 1. The summed E-state index contributed by atoms with van der Waals surface area (Å²) in [5.74, 6) is 0. The quantitative estimate of drug-likeness (QED) is 0.861. The smallest absolute Gasteiger partial charge is 0.435 e. The molecular weight excluding hydrogens is 285 g/mol. The van der Waals surface area contributed by atoms with Gasteiger partial charge in [-0.15, -0.1) is 0 Å². The van der Waals surface area contributed by atoms with Crippen molar-refractivity contribution in [2.45, 2.75) is 19.5 Å². The Balaban J connectivity index is 2.47. The summed E-state index contributed by atoms with van der Waals surface area (Å²) in [7, 11) is 0. The second-order valence-electron chi connectivity index (χ2n) is 4.30. The monoisotopic (exact) mass is 298 g/mol. The highest BCUT2D eigenvalue weighted by molar-refractivity contribution is 5.77. The Morgan fingerprint density at radius 2 is 1.95 bits per heavy atom. The number of hydrogen-bond acceptors (Lipinski definition) is 3. The average Bonchev–Trinajstić information content (AvgIpc) is 2.91. The van der Waals surface area contributed by atoms with Crippen LogP contribution in [0.15, 0.2) is 36.4 Å². The first-order valence-electron chi connectivity index (χ1n) is 6.33. The van der Waals surface area contributed by atoms with Gasteiger partial charge in [0.25, 0.3) is 0 Å². The third-order valence-corrected chi connectivity index (χ3v) is 2.67. The summed E-state index contributed by atoms with van der Waals surface area (Å²) in [5, 5.41) is 3.33. The van der Waals surface area contributed by atoms with E-state index in [0.29, 0.717) is 16.7 Å². The van der Waals surface area contributed by atoms with E-state index in [1.54, 1.807) is 37.3 Å². The molecule has 0 amide bonds. The minimum atomic E-state index is -4.63. The predicted molar refractivity (Wildman–Crippen MR) is 69.7 cm³/mol. The molecule has 0 atom stereocenters. The molecule has 0 bridgehead atoms.